The van der Waals surface area contributed by atoms with Crippen LogP contribution in [0.3, 0.4) is 0 Å². The SMILES string of the molecule is CCC(CC)(CN)CNC(=O)C1CC1C. The molecule has 0 aromatic rings. The molecule has 1 aliphatic carbocycles. The minimum absolute atomic E-state index is 0.105. The molecule has 0 spiro atoms. The first kappa shape index (κ1) is 12.5. The first-order valence-corrected chi connectivity index (χ1v) is 6.06. The summed E-state index contributed by atoms with van der Waals surface area (Å²) in [4.78, 5) is 11.7. The van der Waals surface area contributed by atoms with Crippen molar-refractivity contribution in [3.05, 3.63) is 0 Å². The molecule has 1 saturated carbocycles. The van der Waals surface area contributed by atoms with E-state index in [4.69, 9.17) is 5.73 Å². The van der Waals surface area contributed by atoms with Gasteiger partial charge in [0.15, 0.2) is 0 Å². The first-order valence-electron chi connectivity index (χ1n) is 6.06. The summed E-state index contributed by atoms with van der Waals surface area (Å²) < 4.78 is 0. The van der Waals surface area contributed by atoms with Crippen LogP contribution >= 0.6 is 0 Å². The second-order valence-electron chi connectivity index (χ2n) is 4.95. The van der Waals surface area contributed by atoms with E-state index in [0.717, 1.165) is 25.8 Å². The van der Waals surface area contributed by atoms with E-state index >= 15 is 0 Å². The van der Waals surface area contributed by atoms with Crippen molar-refractivity contribution in [2.24, 2.45) is 23.0 Å². The molecule has 3 N–H and O–H groups in total. The third kappa shape index (κ3) is 2.94. The zero-order valence-corrected chi connectivity index (χ0v) is 10.2. The van der Waals surface area contributed by atoms with Gasteiger partial charge in [0.2, 0.25) is 5.91 Å². The Morgan fingerprint density at radius 2 is 2.00 bits per heavy atom. The lowest BCUT2D eigenvalue weighted by Crippen LogP contribution is -2.42. The highest BCUT2D eigenvalue weighted by molar-refractivity contribution is 5.81. The lowest BCUT2D eigenvalue weighted by molar-refractivity contribution is -0.123. The summed E-state index contributed by atoms with van der Waals surface area (Å²) in [5, 5.41) is 3.05. The molecule has 2 unspecified atom stereocenters. The number of rotatable bonds is 6. The van der Waals surface area contributed by atoms with Crippen LogP contribution in [0.25, 0.3) is 0 Å². The maximum Gasteiger partial charge on any atom is 0.223 e. The molecule has 1 fully saturated rings. The van der Waals surface area contributed by atoms with Gasteiger partial charge in [-0.3, -0.25) is 4.79 Å². The monoisotopic (exact) mass is 212 g/mol. The molecule has 0 heterocycles. The molecule has 0 aliphatic heterocycles. The van der Waals surface area contributed by atoms with Crippen LogP contribution in [0.4, 0.5) is 0 Å². The van der Waals surface area contributed by atoms with Gasteiger partial charge in [0.25, 0.3) is 0 Å². The highest BCUT2D eigenvalue weighted by Gasteiger charge is 2.39. The fourth-order valence-electron chi connectivity index (χ4n) is 1.95. The summed E-state index contributed by atoms with van der Waals surface area (Å²) in [5.41, 5.74) is 5.89. The third-order valence-corrected chi connectivity index (χ3v) is 4.02. The highest BCUT2D eigenvalue weighted by atomic mass is 16.2. The molecule has 15 heavy (non-hydrogen) atoms. The Balaban J connectivity index is 2.36. The summed E-state index contributed by atoms with van der Waals surface area (Å²) in [6, 6.07) is 0. The Hall–Kier alpha value is -0.570. The van der Waals surface area contributed by atoms with Crippen LogP contribution < -0.4 is 11.1 Å². The van der Waals surface area contributed by atoms with Crippen LogP contribution in [0.5, 0.6) is 0 Å². The van der Waals surface area contributed by atoms with E-state index in [1.165, 1.54) is 0 Å². The van der Waals surface area contributed by atoms with E-state index in [1.54, 1.807) is 0 Å². The van der Waals surface area contributed by atoms with Gasteiger partial charge < -0.3 is 11.1 Å². The van der Waals surface area contributed by atoms with E-state index < -0.39 is 0 Å². The summed E-state index contributed by atoms with van der Waals surface area (Å²) in [6.45, 7) is 7.80. The van der Waals surface area contributed by atoms with Crippen LogP contribution in [0.2, 0.25) is 0 Å². The van der Waals surface area contributed by atoms with E-state index in [0.29, 0.717) is 12.5 Å². The number of hydrogen-bond acceptors (Lipinski definition) is 2. The fourth-order valence-corrected chi connectivity index (χ4v) is 1.95. The van der Waals surface area contributed by atoms with Crippen LogP contribution in [0.15, 0.2) is 0 Å². The smallest absolute Gasteiger partial charge is 0.223 e. The molecule has 1 aliphatic rings. The number of hydrogen-bond donors (Lipinski definition) is 2. The minimum atomic E-state index is 0.105. The zero-order chi connectivity index (χ0) is 11.5. The van der Waals surface area contributed by atoms with Crippen molar-refractivity contribution in [3.8, 4) is 0 Å². The predicted octanol–water partition coefficient (Wildman–Crippen LogP) is 1.52. The van der Waals surface area contributed by atoms with E-state index in [9.17, 15) is 4.79 Å². The molecule has 0 saturated heterocycles. The van der Waals surface area contributed by atoms with Crippen LogP contribution in [-0.4, -0.2) is 19.0 Å². The van der Waals surface area contributed by atoms with Crippen molar-refractivity contribution in [1.29, 1.82) is 0 Å². The molecule has 0 aromatic heterocycles. The fraction of sp³-hybridized carbons (Fsp3) is 0.917. The Morgan fingerprint density at radius 1 is 1.47 bits per heavy atom. The van der Waals surface area contributed by atoms with Crippen molar-refractivity contribution in [1.82, 2.24) is 5.32 Å². The summed E-state index contributed by atoms with van der Waals surface area (Å²) in [7, 11) is 0. The molecule has 0 aromatic carbocycles. The average Bonchev–Trinajstić information content (AvgIpc) is 2.98. The normalized spacial score (nSPS) is 25.1. The molecule has 3 heteroatoms. The average molecular weight is 212 g/mol. The van der Waals surface area contributed by atoms with Gasteiger partial charge >= 0.3 is 0 Å². The van der Waals surface area contributed by atoms with Gasteiger partial charge in [0.1, 0.15) is 0 Å². The maximum absolute atomic E-state index is 11.7. The van der Waals surface area contributed by atoms with Gasteiger partial charge in [-0.05, 0) is 37.1 Å². The van der Waals surface area contributed by atoms with Crippen LogP contribution in [0.1, 0.15) is 40.0 Å². The van der Waals surface area contributed by atoms with Gasteiger partial charge in [-0.15, -0.1) is 0 Å². The van der Waals surface area contributed by atoms with Gasteiger partial charge in [-0.2, -0.15) is 0 Å². The summed E-state index contributed by atoms with van der Waals surface area (Å²) >= 11 is 0. The van der Waals surface area contributed by atoms with Gasteiger partial charge in [-0.1, -0.05) is 20.8 Å². The summed E-state index contributed by atoms with van der Waals surface area (Å²) in [5.74, 6) is 1.08. The lowest BCUT2D eigenvalue weighted by Gasteiger charge is -2.30. The van der Waals surface area contributed by atoms with Gasteiger partial charge in [0.05, 0.1) is 0 Å². The topological polar surface area (TPSA) is 55.1 Å². The number of nitrogens with two attached hydrogens (primary N) is 1. The van der Waals surface area contributed by atoms with Crippen LogP contribution in [-0.2, 0) is 4.79 Å². The van der Waals surface area contributed by atoms with Crippen molar-refractivity contribution in [3.63, 3.8) is 0 Å². The van der Waals surface area contributed by atoms with Crippen molar-refractivity contribution in [2.45, 2.75) is 40.0 Å². The molecular weight excluding hydrogens is 188 g/mol. The second kappa shape index (κ2) is 4.97. The third-order valence-electron chi connectivity index (χ3n) is 4.02. The molecule has 3 nitrogen and oxygen atoms in total. The quantitative estimate of drug-likeness (QED) is 0.701. The molecule has 1 amide bonds. The number of carbonyl (C=O) groups excluding carboxylic acids is 1. The van der Waals surface area contributed by atoms with Crippen molar-refractivity contribution < 1.29 is 4.79 Å². The van der Waals surface area contributed by atoms with Crippen molar-refractivity contribution >= 4 is 5.91 Å². The zero-order valence-electron chi connectivity index (χ0n) is 10.2. The molecule has 2 atom stereocenters. The maximum atomic E-state index is 11.7. The lowest BCUT2D eigenvalue weighted by atomic mass is 9.82. The van der Waals surface area contributed by atoms with Gasteiger partial charge in [-0.25, -0.2) is 0 Å². The molecule has 0 radical (unpaired) electrons. The standard InChI is InChI=1S/C12H24N2O/c1-4-12(5-2,7-13)8-14-11(15)10-6-9(10)3/h9-10H,4-8,13H2,1-3H3,(H,14,15). The first-order chi connectivity index (χ1) is 7.08. The predicted molar refractivity (Wildman–Crippen MR) is 62.4 cm³/mol. The molecular formula is C12H24N2O. The molecule has 1 rings (SSSR count). The largest absolute Gasteiger partial charge is 0.355 e. The van der Waals surface area contributed by atoms with Gasteiger partial charge in [0, 0.05) is 12.5 Å². The Labute approximate surface area is 92.8 Å². The highest BCUT2D eigenvalue weighted by Crippen LogP contribution is 2.37. The molecule has 0 bridgehead atoms. The number of amides is 1. The van der Waals surface area contributed by atoms with E-state index in [1.807, 2.05) is 0 Å². The summed E-state index contributed by atoms with van der Waals surface area (Å²) in [6.07, 6.45) is 3.11. The van der Waals surface area contributed by atoms with Crippen molar-refractivity contribution in [2.75, 3.05) is 13.1 Å². The Kier molecular flexibility index (Phi) is 4.14. The van der Waals surface area contributed by atoms with E-state index in [-0.39, 0.29) is 17.2 Å². The minimum Gasteiger partial charge on any atom is -0.355 e. The second-order valence-corrected chi connectivity index (χ2v) is 4.95. The Bertz CT molecular complexity index is 215. The Morgan fingerprint density at radius 3 is 2.33 bits per heavy atom. The van der Waals surface area contributed by atoms with E-state index in [2.05, 4.69) is 26.1 Å². The number of nitrogens with one attached hydrogen (secondary N) is 1. The molecule has 88 valence electrons. The van der Waals surface area contributed by atoms with Crippen LogP contribution in [0, 0.1) is 17.3 Å². The number of carbonyl (C=O) groups is 1.